The highest BCUT2D eigenvalue weighted by atomic mass is 19.1. The van der Waals surface area contributed by atoms with E-state index in [4.69, 9.17) is 10.5 Å². The lowest BCUT2D eigenvalue weighted by Crippen LogP contribution is -2.27. The highest BCUT2D eigenvalue weighted by Gasteiger charge is 2.21. The normalized spacial score (nSPS) is 10.2. The second-order valence-electron chi connectivity index (χ2n) is 4.50. The minimum atomic E-state index is -0.404. The van der Waals surface area contributed by atoms with E-state index in [1.54, 1.807) is 37.4 Å². The van der Waals surface area contributed by atoms with Crippen LogP contribution in [0.4, 0.5) is 15.8 Å². The van der Waals surface area contributed by atoms with Gasteiger partial charge in [0.25, 0.3) is 5.91 Å². The van der Waals surface area contributed by atoms with Gasteiger partial charge in [-0.15, -0.1) is 0 Å². The maximum atomic E-state index is 13.3. The number of nitrogens with zero attached hydrogens (tertiary/aromatic N) is 1. The number of nitrogens with two attached hydrogens (primary N) is 1. The Morgan fingerprint density at radius 1 is 1.29 bits per heavy atom. The molecule has 0 unspecified atom stereocenters. The van der Waals surface area contributed by atoms with Crippen LogP contribution in [0.15, 0.2) is 42.5 Å². The van der Waals surface area contributed by atoms with Gasteiger partial charge in [0.1, 0.15) is 17.1 Å². The van der Waals surface area contributed by atoms with Crippen molar-refractivity contribution in [1.82, 2.24) is 0 Å². The Balaban J connectivity index is 2.40. The summed E-state index contributed by atoms with van der Waals surface area (Å²) in [7, 11) is 1.57. The lowest BCUT2D eigenvalue weighted by molar-refractivity contribution is 0.0990. The van der Waals surface area contributed by atoms with Gasteiger partial charge in [-0.3, -0.25) is 4.79 Å². The standard InChI is InChI=1S/C16H17FN2O2/c1-3-21-14-9-5-8-13(18)15(14)16(20)19(2)12-7-4-6-11(17)10-12/h4-10H,3,18H2,1-2H3. The zero-order valence-electron chi connectivity index (χ0n) is 12.0. The van der Waals surface area contributed by atoms with Crippen molar-refractivity contribution >= 4 is 17.3 Å². The number of ether oxygens (including phenoxy) is 1. The average molecular weight is 288 g/mol. The zero-order chi connectivity index (χ0) is 15.4. The highest BCUT2D eigenvalue weighted by molar-refractivity contribution is 6.10. The van der Waals surface area contributed by atoms with Gasteiger partial charge in [-0.25, -0.2) is 4.39 Å². The third-order valence-corrected chi connectivity index (χ3v) is 3.07. The number of carbonyl (C=O) groups excluding carboxylic acids is 1. The summed E-state index contributed by atoms with van der Waals surface area (Å²) in [5, 5.41) is 0. The summed E-state index contributed by atoms with van der Waals surface area (Å²) in [6, 6.07) is 10.9. The van der Waals surface area contributed by atoms with Crippen LogP contribution in [-0.2, 0) is 0 Å². The van der Waals surface area contributed by atoms with Crippen LogP contribution in [0.5, 0.6) is 5.75 Å². The molecule has 2 aromatic carbocycles. The molecule has 0 aliphatic rings. The van der Waals surface area contributed by atoms with E-state index in [2.05, 4.69) is 0 Å². The maximum Gasteiger partial charge on any atom is 0.263 e. The van der Waals surface area contributed by atoms with E-state index in [0.29, 0.717) is 23.7 Å². The number of rotatable bonds is 4. The molecule has 0 aliphatic carbocycles. The van der Waals surface area contributed by atoms with Crippen molar-refractivity contribution < 1.29 is 13.9 Å². The number of carbonyl (C=O) groups is 1. The Hall–Kier alpha value is -2.56. The molecule has 21 heavy (non-hydrogen) atoms. The van der Waals surface area contributed by atoms with Gasteiger partial charge in [-0.05, 0) is 37.3 Å². The summed E-state index contributed by atoms with van der Waals surface area (Å²) >= 11 is 0. The SMILES string of the molecule is CCOc1cccc(N)c1C(=O)N(C)c1cccc(F)c1. The maximum absolute atomic E-state index is 13.3. The van der Waals surface area contributed by atoms with Gasteiger partial charge >= 0.3 is 0 Å². The molecule has 1 amide bonds. The Bertz CT molecular complexity index is 658. The molecule has 0 radical (unpaired) electrons. The predicted molar refractivity (Wildman–Crippen MR) is 81.2 cm³/mol. The quantitative estimate of drug-likeness (QED) is 0.880. The smallest absolute Gasteiger partial charge is 0.263 e. The van der Waals surface area contributed by atoms with Crippen LogP contribution in [0.1, 0.15) is 17.3 Å². The molecule has 0 fully saturated rings. The van der Waals surface area contributed by atoms with Crippen LogP contribution in [0.3, 0.4) is 0 Å². The summed E-state index contributed by atoms with van der Waals surface area (Å²) in [5.74, 6) is -0.328. The Morgan fingerprint density at radius 2 is 2.00 bits per heavy atom. The number of nitrogen functional groups attached to an aromatic ring is 1. The number of benzene rings is 2. The first-order valence-electron chi connectivity index (χ1n) is 6.59. The summed E-state index contributed by atoms with van der Waals surface area (Å²) < 4.78 is 18.7. The van der Waals surface area contributed by atoms with Gasteiger partial charge in [0.2, 0.25) is 0 Å². The van der Waals surface area contributed by atoms with E-state index in [1.165, 1.54) is 17.0 Å². The first kappa shape index (κ1) is 14.8. The van der Waals surface area contributed by atoms with E-state index in [-0.39, 0.29) is 11.5 Å². The highest BCUT2D eigenvalue weighted by Crippen LogP contribution is 2.27. The number of hydrogen-bond acceptors (Lipinski definition) is 3. The molecule has 0 aliphatic heterocycles. The summed E-state index contributed by atoms with van der Waals surface area (Å²) in [5.41, 5.74) is 6.96. The lowest BCUT2D eigenvalue weighted by atomic mass is 10.1. The van der Waals surface area contributed by atoms with Gasteiger partial charge in [0, 0.05) is 18.4 Å². The average Bonchev–Trinajstić information content (AvgIpc) is 2.46. The molecular weight excluding hydrogens is 271 g/mol. The van der Waals surface area contributed by atoms with Crippen molar-refractivity contribution in [2.45, 2.75) is 6.92 Å². The Morgan fingerprint density at radius 3 is 2.67 bits per heavy atom. The van der Waals surface area contributed by atoms with Gasteiger partial charge in [-0.2, -0.15) is 0 Å². The van der Waals surface area contributed by atoms with Crippen molar-refractivity contribution in [3.63, 3.8) is 0 Å². The summed E-state index contributed by atoms with van der Waals surface area (Å²) in [6.45, 7) is 2.25. The third kappa shape index (κ3) is 3.13. The molecule has 0 aromatic heterocycles. The zero-order valence-corrected chi connectivity index (χ0v) is 12.0. The largest absolute Gasteiger partial charge is 0.493 e. The Kier molecular flexibility index (Phi) is 4.42. The van der Waals surface area contributed by atoms with E-state index in [9.17, 15) is 9.18 Å². The second-order valence-corrected chi connectivity index (χ2v) is 4.50. The van der Waals surface area contributed by atoms with Crippen LogP contribution in [-0.4, -0.2) is 19.6 Å². The van der Waals surface area contributed by atoms with Crippen molar-refractivity contribution in [1.29, 1.82) is 0 Å². The molecule has 2 N–H and O–H groups in total. The Labute approximate surface area is 122 Å². The first-order chi connectivity index (χ1) is 10.0. The lowest BCUT2D eigenvalue weighted by Gasteiger charge is -2.20. The third-order valence-electron chi connectivity index (χ3n) is 3.07. The molecule has 2 aromatic rings. The molecule has 5 heteroatoms. The van der Waals surface area contributed by atoms with Gasteiger partial charge in [0.15, 0.2) is 0 Å². The molecule has 4 nitrogen and oxygen atoms in total. The molecule has 0 atom stereocenters. The van der Waals surface area contributed by atoms with Crippen LogP contribution in [0.25, 0.3) is 0 Å². The molecule has 0 heterocycles. The monoisotopic (exact) mass is 288 g/mol. The topological polar surface area (TPSA) is 55.6 Å². The van der Waals surface area contributed by atoms with Gasteiger partial charge < -0.3 is 15.4 Å². The fourth-order valence-electron chi connectivity index (χ4n) is 2.02. The summed E-state index contributed by atoms with van der Waals surface area (Å²) in [6.07, 6.45) is 0. The van der Waals surface area contributed by atoms with Crippen molar-refractivity contribution in [3.05, 3.63) is 53.8 Å². The molecule has 110 valence electrons. The second kappa shape index (κ2) is 6.26. The number of amides is 1. The van der Waals surface area contributed by atoms with Crippen molar-refractivity contribution in [3.8, 4) is 5.75 Å². The molecule has 0 saturated heterocycles. The van der Waals surface area contributed by atoms with E-state index < -0.39 is 5.82 Å². The number of hydrogen-bond donors (Lipinski definition) is 1. The predicted octanol–water partition coefficient (Wildman–Crippen LogP) is 3.08. The van der Waals surface area contributed by atoms with Crippen LogP contribution in [0.2, 0.25) is 0 Å². The molecular formula is C16H17FN2O2. The van der Waals surface area contributed by atoms with E-state index in [0.717, 1.165) is 0 Å². The van der Waals surface area contributed by atoms with Crippen LogP contribution < -0.4 is 15.4 Å². The van der Waals surface area contributed by atoms with Crippen LogP contribution in [0, 0.1) is 5.82 Å². The van der Waals surface area contributed by atoms with E-state index in [1.807, 2.05) is 6.92 Å². The molecule has 0 spiro atoms. The van der Waals surface area contributed by atoms with Crippen LogP contribution >= 0.6 is 0 Å². The van der Waals surface area contributed by atoms with Crippen molar-refractivity contribution in [2.24, 2.45) is 0 Å². The number of halogens is 1. The molecule has 0 saturated carbocycles. The first-order valence-corrected chi connectivity index (χ1v) is 6.59. The van der Waals surface area contributed by atoms with Gasteiger partial charge in [-0.1, -0.05) is 12.1 Å². The van der Waals surface area contributed by atoms with E-state index >= 15 is 0 Å². The van der Waals surface area contributed by atoms with Crippen molar-refractivity contribution in [2.75, 3.05) is 24.3 Å². The van der Waals surface area contributed by atoms with Gasteiger partial charge in [0.05, 0.1) is 6.61 Å². The molecule has 2 rings (SSSR count). The fourth-order valence-corrected chi connectivity index (χ4v) is 2.02. The minimum absolute atomic E-state index is 0.283. The number of anilines is 2. The fraction of sp³-hybridized carbons (Fsp3) is 0.188. The summed E-state index contributed by atoms with van der Waals surface area (Å²) in [4.78, 5) is 14.0. The molecule has 0 bridgehead atoms. The minimum Gasteiger partial charge on any atom is -0.493 e.